The molecule has 1 saturated heterocycles. The molecule has 1 aliphatic rings. The molecule has 5 heteroatoms. The molecule has 1 unspecified atom stereocenters. The van der Waals surface area contributed by atoms with Gasteiger partial charge in [-0.2, -0.15) is 0 Å². The molecule has 0 aliphatic carbocycles. The highest BCUT2D eigenvalue weighted by Crippen LogP contribution is 2.28. The third kappa shape index (κ3) is 3.44. The van der Waals surface area contributed by atoms with Crippen molar-refractivity contribution in [3.8, 4) is 0 Å². The van der Waals surface area contributed by atoms with Crippen molar-refractivity contribution in [1.82, 2.24) is 14.9 Å². The maximum absolute atomic E-state index is 12.3. The Kier molecular flexibility index (Phi) is 4.09. The summed E-state index contributed by atoms with van der Waals surface area (Å²) in [6.45, 7) is 7.41. The summed E-state index contributed by atoms with van der Waals surface area (Å²) in [6.07, 6.45) is 5.26. The average molecular weight is 282 g/mol. The fraction of sp³-hybridized carbons (Fsp3) is 0.643. The van der Waals surface area contributed by atoms with Gasteiger partial charge >= 0.3 is 0 Å². The second-order valence-corrected chi connectivity index (χ2v) is 6.54. The molecule has 0 N–H and O–H groups in total. The van der Waals surface area contributed by atoms with Crippen molar-refractivity contribution in [3.05, 3.63) is 23.2 Å². The summed E-state index contributed by atoms with van der Waals surface area (Å²) in [6, 6.07) is 0. The van der Waals surface area contributed by atoms with Crippen molar-refractivity contribution in [2.75, 3.05) is 13.1 Å². The molecule has 1 aromatic heterocycles. The Morgan fingerprint density at radius 3 is 2.58 bits per heavy atom. The van der Waals surface area contributed by atoms with Gasteiger partial charge < -0.3 is 4.90 Å². The molecule has 1 atom stereocenters. The van der Waals surface area contributed by atoms with E-state index in [-0.39, 0.29) is 17.2 Å². The molecule has 0 aromatic carbocycles. The van der Waals surface area contributed by atoms with Crippen LogP contribution in [0.1, 0.15) is 45.4 Å². The Morgan fingerprint density at radius 1 is 1.37 bits per heavy atom. The highest BCUT2D eigenvalue weighted by Gasteiger charge is 2.32. The first-order valence-electron chi connectivity index (χ1n) is 6.65. The van der Waals surface area contributed by atoms with Crippen molar-refractivity contribution in [3.63, 3.8) is 0 Å². The van der Waals surface area contributed by atoms with Crippen molar-refractivity contribution >= 4 is 17.5 Å². The van der Waals surface area contributed by atoms with Crippen LogP contribution in [-0.4, -0.2) is 33.9 Å². The Morgan fingerprint density at radius 2 is 2.00 bits per heavy atom. The minimum Gasteiger partial charge on any atom is -0.342 e. The summed E-state index contributed by atoms with van der Waals surface area (Å²) < 4.78 is 0. The van der Waals surface area contributed by atoms with Crippen LogP contribution in [0, 0.1) is 5.41 Å². The lowest BCUT2D eigenvalue weighted by Gasteiger charge is -2.35. The Labute approximate surface area is 119 Å². The smallest absolute Gasteiger partial charge is 0.227 e. The number of aromatic nitrogens is 2. The molecule has 104 valence electrons. The molecule has 1 aromatic rings. The monoisotopic (exact) mass is 281 g/mol. The zero-order chi connectivity index (χ0) is 14.0. The maximum atomic E-state index is 12.3. The van der Waals surface area contributed by atoms with E-state index in [0.29, 0.717) is 11.6 Å². The zero-order valence-electron chi connectivity index (χ0n) is 11.7. The first-order chi connectivity index (χ1) is 8.88. The fourth-order valence-electron chi connectivity index (χ4n) is 2.38. The number of rotatable bonds is 1. The lowest BCUT2D eigenvalue weighted by molar-refractivity contribution is -0.140. The number of nitrogens with zero attached hydrogens (tertiary/aromatic N) is 3. The summed E-state index contributed by atoms with van der Waals surface area (Å²) in [5.41, 5.74) is -0.331. The molecule has 4 nitrogen and oxygen atoms in total. The van der Waals surface area contributed by atoms with Gasteiger partial charge in [0.15, 0.2) is 0 Å². The lowest BCUT2D eigenvalue weighted by atomic mass is 9.91. The second-order valence-electron chi connectivity index (χ2n) is 6.10. The summed E-state index contributed by atoms with van der Waals surface area (Å²) in [7, 11) is 0. The molecule has 2 rings (SSSR count). The number of piperidine rings is 1. The van der Waals surface area contributed by atoms with Gasteiger partial charge in [-0.25, -0.2) is 9.97 Å². The number of likely N-dealkylation sites (tertiary alicyclic amines) is 1. The van der Waals surface area contributed by atoms with Gasteiger partial charge in [-0.1, -0.05) is 32.4 Å². The van der Waals surface area contributed by atoms with Crippen LogP contribution in [0.2, 0.25) is 5.02 Å². The van der Waals surface area contributed by atoms with Gasteiger partial charge in [-0.3, -0.25) is 4.79 Å². The Hall–Kier alpha value is -1.16. The van der Waals surface area contributed by atoms with E-state index in [4.69, 9.17) is 11.6 Å². The van der Waals surface area contributed by atoms with E-state index in [1.807, 2.05) is 25.7 Å². The molecule has 2 heterocycles. The van der Waals surface area contributed by atoms with Crippen LogP contribution in [0.15, 0.2) is 12.4 Å². The predicted octanol–water partition coefficient (Wildman–Crippen LogP) is 2.88. The molecule has 0 spiro atoms. The molecule has 0 saturated carbocycles. The summed E-state index contributed by atoms with van der Waals surface area (Å²) >= 11 is 5.80. The highest BCUT2D eigenvalue weighted by atomic mass is 35.5. The van der Waals surface area contributed by atoms with Crippen molar-refractivity contribution in [1.29, 1.82) is 0 Å². The van der Waals surface area contributed by atoms with Gasteiger partial charge in [0.2, 0.25) is 5.91 Å². The molecular formula is C14H20ClN3O. The largest absolute Gasteiger partial charge is 0.342 e. The third-order valence-electron chi connectivity index (χ3n) is 3.36. The quantitative estimate of drug-likeness (QED) is 0.795. The standard InChI is InChI=1S/C14H20ClN3O/c1-14(2,3)13(19)18-6-4-5-10(9-18)12-16-7-11(15)8-17-12/h7-8,10H,4-6,9H2,1-3H3. The lowest BCUT2D eigenvalue weighted by Crippen LogP contribution is -2.44. The molecule has 1 amide bonds. The van der Waals surface area contributed by atoms with Gasteiger partial charge in [-0.05, 0) is 12.8 Å². The third-order valence-corrected chi connectivity index (χ3v) is 3.55. The van der Waals surface area contributed by atoms with Crippen LogP contribution >= 0.6 is 11.6 Å². The zero-order valence-corrected chi connectivity index (χ0v) is 12.4. The topological polar surface area (TPSA) is 46.1 Å². The maximum Gasteiger partial charge on any atom is 0.227 e. The average Bonchev–Trinajstić information content (AvgIpc) is 2.38. The molecule has 0 radical (unpaired) electrons. The minimum atomic E-state index is -0.331. The van der Waals surface area contributed by atoms with E-state index < -0.39 is 0 Å². The normalized spacial score (nSPS) is 20.4. The van der Waals surface area contributed by atoms with Crippen LogP contribution in [0.3, 0.4) is 0 Å². The Balaban J connectivity index is 2.09. The number of carbonyl (C=O) groups excluding carboxylic acids is 1. The number of hydrogen-bond acceptors (Lipinski definition) is 3. The van der Waals surface area contributed by atoms with Crippen LogP contribution in [0.5, 0.6) is 0 Å². The molecular weight excluding hydrogens is 262 g/mol. The van der Waals surface area contributed by atoms with E-state index in [1.54, 1.807) is 12.4 Å². The second kappa shape index (κ2) is 5.45. The van der Waals surface area contributed by atoms with E-state index in [1.165, 1.54) is 0 Å². The number of halogens is 1. The van der Waals surface area contributed by atoms with Crippen molar-refractivity contribution in [2.45, 2.75) is 39.5 Å². The van der Waals surface area contributed by atoms with Gasteiger partial charge in [0.25, 0.3) is 0 Å². The summed E-state index contributed by atoms with van der Waals surface area (Å²) in [5.74, 6) is 1.21. The van der Waals surface area contributed by atoms with Crippen LogP contribution < -0.4 is 0 Å². The Bertz CT molecular complexity index is 453. The SMILES string of the molecule is CC(C)(C)C(=O)N1CCCC(c2ncc(Cl)cn2)C1. The molecule has 1 aliphatic heterocycles. The molecule has 0 bridgehead atoms. The molecule has 19 heavy (non-hydrogen) atoms. The van der Waals surface area contributed by atoms with E-state index >= 15 is 0 Å². The minimum absolute atomic E-state index is 0.200. The van der Waals surface area contributed by atoms with Crippen LogP contribution in [0.25, 0.3) is 0 Å². The van der Waals surface area contributed by atoms with Crippen molar-refractivity contribution < 1.29 is 4.79 Å². The summed E-state index contributed by atoms with van der Waals surface area (Å²) in [4.78, 5) is 22.8. The van der Waals surface area contributed by atoms with Gasteiger partial charge in [0, 0.05) is 36.8 Å². The van der Waals surface area contributed by atoms with Gasteiger partial charge in [0.1, 0.15) is 5.82 Å². The van der Waals surface area contributed by atoms with Crippen molar-refractivity contribution in [2.24, 2.45) is 5.41 Å². The van der Waals surface area contributed by atoms with Crippen LogP contribution in [-0.2, 0) is 4.79 Å². The number of carbonyl (C=O) groups is 1. The first kappa shape index (κ1) is 14.3. The van der Waals surface area contributed by atoms with E-state index in [2.05, 4.69) is 9.97 Å². The van der Waals surface area contributed by atoms with E-state index in [0.717, 1.165) is 25.2 Å². The number of amides is 1. The van der Waals surface area contributed by atoms with Gasteiger partial charge in [0.05, 0.1) is 5.02 Å². The fourth-order valence-corrected chi connectivity index (χ4v) is 2.48. The van der Waals surface area contributed by atoms with Crippen LogP contribution in [0.4, 0.5) is 0 Å². The number of hydrogen-bond donors (Lipinski definition) is 0. The predicted molar refractivity (Wildman–Crippen MR) is 75.1 cm³/mol. The first-order valence-corrected chi connectivity index (χ1v) is 7.02. The van der Waals surface area contributed by atoms with E-state index in [9.17, 15) is 4.79 Å². The summed E-state index contributed by atoms with van der Waals surface area (Å²) in [5, 5.41) is 0.544. The van der Waals surface area contributed by atoms with Gasteiger partial charge in [-0.15, -0.1) is 0 Å². The molecule has 1 fully saturated rings. The highest BCUT2D eigenvalue weighted by molar-refractivity contribution is 6.30.